The fourth-order valence-corrected chi connectivity index (χ4v) is 2.56. The maximum atomic E-state index is 11.9. The van der Waals surface area contributed by atoms with Crippen LogP contribution in [0.2, 0.25) is 0 Å². The molecule has 0 aromatic heterocycles. The second kappa shape index (κ2) is 8.51. The van der Waals surface area contributed by atoms with Gasteiger partial charge in [0.25, 0.3) is 0 Å². The summed E-state index contributed by atoms with van der Waals surface area (Å²) in [5, 5.41) is 3.09. The fraction of sp³-hybridized carbons (Fsp3) is 0.929. The number of nitrogens with one attached hydrogen (secondary N) is 1. The van der Waals surface area contributed by atoms with Gasteiger partial charge in [-0.15, -0.1) is 0 Å². The van der Waals surface area contributed by atoms with E-state index in [1.165, 1.54) is 19.3 Å². The van der Waals surface area contributed by atoms with Crippen LogP contribution in [0.15, 0.2) is 0 Å². The molecule has 1 saturated carbocycles. The molecule has 0 heterocycles. The Morgan fingerprint density at radius 3 is 2.41 bits per heavy atom. The molecule has 0 aliphatic heterocycles. The number of amides is 1. The largest absolute Gasteiger partial charge is 0.356 e. The van der Waals surface area contributed by atoms with Crippen LogP contribution in [-0.2, 0) is 4.79 Å². The first-order chi connectivity index (χ1) is 8.27. The molecule has 3 nitrogen and oxygen atoms in total. The van der Waals surface area contributed by atoms with Crippen molar-refractivity contribution in [2.75, 3.05) is 26.2 Å². The van der Waals surface area contributed by atoms with E-state index < -0.39 is 0 Å². The first-order valence-electron chi connectivity index (χ1n) is 7.28. The van der Waals surface area contributed by atoms with Crippen molar-refractivity contribution in [1.82, 2.24) is 10.2 Å². The van der Waals surface area contributed by atoms with Crippen molar-refractivity contribution in [3.05, 3.63) is 0 Å². The van der Waals surface area contributed by atoms with Gasteiger partial charge in [-0.25, -0.2) is 0 Å². The van der Waals surface area contributed by atoms with Crippen LogP contribution in [0.5, 0.6) is 0 Å². The third kappa shape index (κ3) is 5.53. The summed E-state index contributed by atoms with van der Waals surface area (Å²) < 4.78 is 0. The molecule has 17 heavy (non-hydrogen) atoms. The lowest BCUT2D eigenvalue weighted by Gasteiger charge is -2.21. The Kier molecular flexibility index (Phi) is 7.25. The van der Waals surface area contributed by atoms with Gasteiger partial charge in [-0.05, 0) is 38.9 Å². The average Bonchev–Trinajstić information content (AvgIpc) is 2.40. The van der Waals surface area contributed by atoms with E-state index in [1.54, 1.807) is 0 Å². The standard InChI is InChI=1S/C14H28N2O/c1-3-16(4-2)12-8-11-15-14(17)13-9-6-5-7-10-13/h13H,3-12H2,1-2H3,(H,15,17). The van der Waals surface area contributed by atoms with Gasteiger partial charge in [-0.2, -0.15) is 0 Å². The van der Waals surface area contributed by atoms with Crippen molar-refractivity contribution in [3.63, 3.8) is 0 Å². The van der Waals surface area contributed by atoms with Crippen LogP contribution in [0.3, 0.4) is 0 Å². The van der Waals surface area contributed by atoms with E-state index in [9.17, 15) is 4.79 Å². The minimum atomic E-state index is 0.296. The van der Waals surface area contributed by atoms with Crippen molar-refractivity contribution in [2.45, 2.75) is 52.4 Å². The molecule has 0 saturated heterocycles. The van der Waals surface area contributed by atoms with E-state index in [0.29, 0.717) is 11.8 Å². The number of carbonyl (C=O) groups excluding carboxylic acids is 1. The Labute approximate surface area is 106 Å². The van der Waals surface area contributed by atoms with Gasteiger partial charge in [-0.1, -0.05) is 33.1 Å². The lowest BCUT2D eigenvalue weighted by atomic mass is 9.89. The molecule has 0 aromatic rings. The maximum absolute atomic E-state index is 11.9. The van der Waals surface area contributed by atoms with Gasteiger partial charge < -0.3 is 10.2 Å². The van der Waals surface area contributed by atoms with Crippen molar-refractivity contribution >= 4 is 5.91 Å². The summed E-state index contributed by atoms with van der Waals surface area (Å²) in [6.07, 6.45) is 7.05. The minimum Gasteiger partial charge on any atom is -0.356 e. The molecule has 0 unspecified atom stereocenters. The van der Waals surface area contributed by atoms with Gasteiger partial charge in [0.15, 0.2) is 0 Å². The Bertz CT molecular complexity index is 208. The van der Waals surface area contributed by atoms with Gasteiger partial charge in [0, 0.05) is 12.5 Å². The van der Waals surface area contributed by atoms with E-state index in [0.717, 1.165) is 45.4 Å². The zero-order chi connectivity index (χ0) is 12.5. The number of hydrogen-bond donors (Lipinski definition) is 1. The summed E-state index contributed by atoms with van der Waals surface area (Å²) in [5.74, 6) is 0.599. The van der Waals surface area contributed by atoms with Crippen LogP contribution < -0.4 is 5.32 Å². The van der Waals surface area contributed by atoms with Crippen LogP contribution in [0.25, 0.3) is 0 Å². The molecule has 0 atom stereocenters. The number of rotatable bonds is 7. The predicted octanol–water partition coefficient (Wildman–Crippen LogP) is 2.41. The van der Waals surface area contributed by atoms with Crippen molar-refractivity contribution in [3.8, 4) is 0 Å². The summed E-state index contributed by atoms with van der Waals surface area (Å²) in [7, 11) is 0. The van der Waals surface area contributed by atoms with Crippen LogP contribution in [0.4, 0.5) is 0 Å². The Hall–Kier alpha value is -0.570. The summed E-state index contributed by atoms with van der Waals surface area (Å²) in [4.78, 5) is 14.3. The molecule has 1 N–H and O–H groups in total. The predicted molar refractivity (Wildman–Crippen MR) is 72.0 cm³/mol. The summed E-state index contributed by atoms with van der Waals surface area (Å²) in [6.45, 7) is 8.51. The molecule has 100 valence electrons. The first kappa shape index (κ1) is 14.5. The number of nitrogens with zero attached hydrogens (tertiary/aromatic N) is 1. The quantitative estimate of drug-likeness (QED) is 0.693. The second-order valence-electron chi connectivity index (χ2n) is 5.01. The molecule has 0 aromatic carbocycles. The van der Waals surface area contributed by atoms with E-state index in [4.69, 9.17) is 0 Å². The molecule has 3 heteroatoms. The third-order valence-corrected chi connectivity index (χ3v) is 3.82. The number of carbonyl (C=O) groups is 1. The van der Waals surface area contributed by atoms with Crippen LogP contribution in [0, 0.1) is 5.92 Å². The van der Waals surface area contributed by atoms with Crippen LogP contribution in [-0.4, -0.2) is 37.0 Å². The topological polar surface area (TPSA) is 32.3 Å². The molecule has 1 amide bonds. The lowest BCUT2D eigenvalue weighted by Crippen LogP contribution is -2.34. The van der Waals surface area contributed by atoms with Gasteiger partial charge in [0.05, 0.1) is 0 Å². The molecular formula is C14H28N2O. The summed E-state index contributed by atoms with van der Waals surface area (Å²) in [6, 6.07) is 0. The van der Waals surface area contributed by atoms with Gasteiger partial charge in [0.2, 0.25) is 5.91 Å². The van der Waals surface area contributed by atoms with Crippen molar-refractivity contribution in [2.24, 2.45) is 5.92 Å². The fourth-order valence-electron chi connectivity index (χ4n) is 2.56. The summed E-state index contributed by atoms with van der Waals surface area (Å²) >= 11 is 0. The van der Waals surface area contributed by atoms with Crippen molar-refractivity contribution < 1.29 is 4.79 Å². The van der Waals surface area contributed by atoms with Gasteiger partial charge in [-0.3, -0.25) is 4.79 Å². The minimum absolute atomic E-state index is 0.296. The SMILES string of the molecule is CCN(CC)CCCNC(=O)C1CCCCC1. The Morgan fingerprint density at radius 2 is 1.82 bits per heavy atom. The highest BCUT2D eigenvalue weighted by molar-refractivity contribution is 5.78. The second-order valence-corrected chi connectivity index (χ2v) is 5.01. The monoisotopic (exact) mass is 240 g/mol. The zero-order valence-corrected chi connectivity index (χ0v) is 11.5. The van der Waals surface area contributed by atoms with E-state index in [2.05, 4.69) is 24.1 Å². The highest BCUT2D eigenvalue weighted by Crippen LogP contribution is 2.23. The van der Waals surface area contributed by atoms with Gasteiger partial charge in [0.1, 0.15) is 0 Å². The summed E-state index contributed by atoms with van der Waals surface area (Å²) in [5.41, 5.74) is 0. The highest BCUT2D eigenvalue weighted by atomic mass is 16.1. The Morgan fingerprint density at radius 1 is 1.18 bits per heavy atom. The van der Waals surface area contributed by atoms with E-state index in [-0.39, 0.29) is 0 Å². The molecule has 1 aliphatic rings. The van der Waals surface area contributed by atoms with E-state index in [1.807, 2.05) is 0 Å². The molecular weight excluding hydrogens is 212 g/mol. The lowest BCUT2D eigenvalue weighted by molar-refractivity contribution is -0.125. The molecule has 0 radical (unpaired) electrons. The van der Waals surface area contributed by atoms with Crippen LogP contribution >= 0.6 is 0 Å². The smallest absolute Gasteiger partial charge is 0.223 e. The third-order valence-electron chi connectivity index (χ3n) is 3.82. The molecule has 1 fully saturated rings. The van der Waals surface area contributed by atoms with Crippen molar-refractivity contribution in [1.29, 1.82) is 0 Å². The zero-order valence-electron chi connectivity index (χ0n) is 11.5. The molecule has 0 bridgehead atoms. The first-order valence-corrected chi connectivity index (χ1v) is 7.28. The maximum Gasteiger partial charge on any atom is 0.223 e. The highest BCUT2D eigenvalue weighted by Gasteiger charge is 2.20. The number of hydrogen-bond acceptors (Lipinski definition) is 2. The van der Waals surface area contributed by atoms with Crippen LogP contribution in [0.1, 0.15) is 52.4 Å². The molecule has 1 rings (SSSR count). The Balaban J connectivity index is 2.07. The molecule has 1 aliphatic carbocycles. The normalized spacial score (nSPS) is 17.4. The average molecular weight is 240 g/mol. The van der Waals surface area contributed by atoms with Gasteiger partial charge >= 0.3 is 0 Å². The van der Waals surface area contributed by atoms with E-state index >= 15 is 0 Å². The molecule has 0 spiro atoms.